The minimum atomic E-state index is -0.188. The van der Waals surface area contributed by atoms with Crippen molar-refractivity contribution in [1.82, 2.24) is 0 Å². The maximum Gasteiger partial charge on any atom is 0.252 e. The molecule has 6 aliphatic rings. The van der Waals surface area contributed by atoms with Gasteiger partial charge >= 0.3 is 0 Å². The van der Waals surface area contributed by atoms with Crippen LogP contribution in [-0.4, -0.2) is 6.71 Å². The zero-order chi connectivity index (χ0) is 54.9. The number of rotatable bonds is 3. The lowest BCUT2D eigenvalue weighted by molar-refractivity contribution is 0.332. The van der Waals surface area contributed by atoms with Gasteiger partial charge in [0.2, 0.25) is 0 Å². The van der Waals surface area contributed by atoms with Gasteiger partial charge in [-0.3, -0.25) is 0 Å². The molecule has 4 aliphatic carbocycles. The van der Waals surface area contributed by atoms with E-state index in [-0.39, 0.29) is 50.0 Å². The fraction of sp³-hybridized carbons (Fsp3) is 0.432. The van der Waals surface area contributed by atoms with E-state index in [1.165, 1.54) is 160 Å². The van der Waals surface area contributed by atoms with Crippen molar-refractivity contribution in [2.24, 2.45) is 0 Å². The third-order valence-electron chi connectivity index (χ3n) is 21.1. The molecule has 2 aliphatic heterocycles. The van der Waals surface area contributed by atoms with E-state index in [1.54, 1.807) is 0 Å². The number of hydrogen-bond acceptors (Lipinski definition) is 2. The van der Waals surface area contributed by atoms with Crippen LogP contribution in [0.1, 0.15) is 211 Å². The van der Waals surface area contributed by atoms with E-state index in [1.807, 2.05) is 0 Å². The lowest BCUT2D eigenvalue weighted by Gasteiger charge is -2.47. The number of hydrogen-bond donors (Lipinski definition) is 0. The van der Waals surface area contributed by atoms with E-state index in [9.17, 15) is 0 Å². The molecule has 0 saturated heterocycles. The van der Waals surface area contributed by atoms with E-state index in [2.05, 4.69) is 251 Å². The van der Waals surface area contributed by atoms with Crippen molar-refractivity contribution in [2.45, 2.75) is 207 Å². The first-order valence-electron chi connectivity index (χ1n) is 29.5. The first-order valence-corrected chi connectivity index (χ1v) is 29.5. The molecule has 0 aromatic heterocycles. The second kappa shape index (κ2) is 15.7. The molecule has 0 fully saturated rings. The van der Waals surface area contributed by atoms with Crippen molar-refractivity contribution >= 4 is 57.2 Å². The van der Waals surface area contributed by atoms with Crippen LogP contribution in [-0.2, 0) is 43.3 Å². The zero-order valence-corrected chi connectivity index (χ0v) is 50.4. The summed E-state index contributed by atoms with van der Waals surface area (Å²) in [5, 5.41) is 0. The Kier molecular flexibility index (Phi) is 10.4. The SMILES string of the molecule is Cc1cc2c(cc1N1c3cc4c(cc3B3c5cc6c(cc5N(c5cc7c(cc5C)C(C)(C)CCC7(C)C)c5cc(-c7ccccc7)cc1c53)C(C)(C)CC6(C)C)C(C)(C)c1ccc(C(C)(C)C)cc1-4)C(C)(C)CCC2(C)C. The summed E-state index contributed by atoms with van der Waals surface area (Å²) in [5.41, 5.74) is 33.5. The molecular weight excluding hydrogens is 928 g/mol. The van der Waals surface area contributed by atoms with Gasteiger partial charge in [-0.05, 0) is 220 Å². The second-order valence-electron chi connectivity index (χ2n) is 30.8. The van der Waals surface area contributed by atoms with Crippen LogP contribution in [0.2, 0.25) is 0 Å². The van der Waals surface area contributed by atoms with Crippen LogP contribution in [0.5, 0.6) is 0 Å². The van der Waals surface area contributed by atoms with Gasteiger partial charge in [-0.15, -0.1) is 0 Å². The fourth-order valence-electron chi connectivity index (χ4n) is 16.4. The molecular formula is C74H85BN2. The summed E-state index contributed by atoms with van der Waals surface area (Å²) in [5.74, 6) is 0. The van der Waals surface area contributed by atoms with Crippen LogP contribution >= 0.6 is 0 Å². The molecule has 13 rings (SSSR count). The van der Waals surface area contributed by atoms with Crippen molar-refractivity contribution < 1.29 is 0 Å². The summed E-state index contributed by atoms with van der Waals surface area (Å²) in [6.45, 7) is 46.8. The summed E-state index contributed by atoms with van der Waals surface area (Å²) in [7, 11) is 0. The zero-order valence-electron chi connectivity index (χ0n) is 50.4. The number of benzene rings is 7. The van der Waals surface area contributed by atoms with Crippen LogP contribution in [0.3, 0.4) is 0 Å². The van der Waals surface area contributed by atoms with Gasteiger partial charge in [0.25, 0.3) is 6.71 Å². The van der Waals surface area contributed by atoms with Crippen LogP contribution in [0.25, 0.3) is 22.3 Å². The Labute approximate surface area is 464 Å². The molecule has 0 spiro atoms. The van der Waals surface area contributed by atoms with Crippen molar-refractivity contribution in [1.29, 1.82) is 0 Å². The summed E-state index contributed by atoms with van der Waals surface area (Å²) >= 11 is 0. The molecule has 0 unspecified atom stereocenters. The average molecular weight is 1010 g/mol. The lowest BCUT2D eigenvalue weighted by atomic mass is 9.33. The largest absolute Gasteiger partial charge is 0.311 e. The number of aryl methyl sites for hydroxylation is 2. The van der Waals surface area contributed by atoms with E-state index in [0.29, 0.717) is 0 Å². The quantitative estimate of drug-likeness (QED) is 0.163. The molecule has 7 aromatic rings. The van der Waals surface area contributed by atoms with Crippen LogP contribution in [0.15, 0.2) is 109 Å². The van der Waals surface area contributed by atoms with Gasteiger partial charge in [0.15, 0.2) is 0 Å². The molecule has 394 valence electrons. The topological polar surface area (TPSA) is 6.48 Å². The standard InChI is InChI=1S/C74H85BN2/c1-43-31-52-55(70(10,11)29-27-68(52,6)7)39-60(43)76-62-36-49-48-35-47(67(3,4)5)25-26-50(48)74(18,19)51(49)37-58(62)75-59-38-54-57(73(16,17)42-72(54,14)15)41-63(59)77(65-34-46(33-64(76)66(65)75)45-23-21-20-22-24-45)61-40-56-53(32-44(61)2)69(8,9)28-30-71(56,12)13/h20-26,31-41H,27-30,42H2,1-19H3. The van der Waals surface area contributed by atoms with Crippen molar-refractivity contribution in [3.8, 4) is 22.3 Å². The maximum atomic E-state index is 2.78. The Morgan fingerprint density at radius 1 is 0.377 bits per heavy atom. The smallest absolute Gasteiger partial charge is 0.252 e. The normalized spacial score (nSPS) is 20.5. The monoisotopic (exact) mass is 1010 g/mol. The second-order valence-corrected chi connectivity index (χ2v) is 30.8. The highest BCUT2D eigenvalue weighted by Gasteiger charge is 2.51. The minimum Gasteiger partial charge on any atom is -0.311 e. The third kappa shape index (κ3) is 7.18. The van der Waals surface area contributed by atoms with Crippen molar-refractivity contribution in [2.75, 3.05) is 9.80 Å². The van der Waals surface area contributed by atoms with E-state index >= 15 is 0 Å². The molecule has 7 aromatic carbocycles. The average Bonchev–Trinajstić information content (AvgIpc) is 3.98. The van der Waals surface area contributed by atoms with Crippen LogP contribution in [0.4, 0.5) is 34.1 Å². The highest BCUT2D eigenvalue weighted by atomic mass is 15.2. The van der Waals surface area contributed by atoms with Gasteiger partial charge < -0.3 is 9.80 Å². The minimum absolute atomic E-state index is 0.0105. The van der Waals surface area contributed by atoms with Gasteiger partial charge in [0, 0.05) is 39.5 Å². The number of anilines is 6. The van der Waals surface area contributed by atoms with Crippen molar-refractivity contribution in [3.05, 3.63) is 170 Å². The van der Waals surface area contributed by atoms with Gasteiger partial charge in [-0.2, -0.15) is 0 Å². The van der Waals surface area contributed by atoms with Crippen LogP contribution < -0.4 is 26.2 Å². The fourth-order valence-corrected chi connectivity index (χ4v) is 16.4. The summed E-state index contributed by atoms with van der Waals surface area (Å²) in [6, 6.07) is 45.2. The highest BCUT2D eigenvalue weighted by Crippen LogP contribution is 2.58. The van der Waals surface area contributed by atoms with Crippen LogP contribution in [0, 0.1) is 13.8 Å². The first kappa shape index (κ1) is 50.7. The Morgan fingerprint density at radius 2 is 0.792 bits per heavy atom. The van der Waals surface area contributed by atoms with E-state index in [4.69, 9.17) is 0 Å². The number of fused-ring (bicyclic) bond motifs is 10. The molecule has 0 radical (unpaired) electrons. The van der Waals surface area contributed by atoms with Gasteiger partial charge in [0.05, 0.1) is 0 Å². The summed E-state index contributed by atoms with van der Waals surface area (Å²) in [6.07, 6.45) is 5.84. The molecule has 77 heavy (non-hydrogen) atoms. The van der Waals surface area contributed by atoms with Gasteiger partial charge in [-0.25, -0.2) is 0 Å². The van der Waals surface area contributed by atoms with E-state index < -0.39 is 0 Å². The van der Waals surface area contributed by atoms with Gasteiger partial charge in [-0.1, -0.05) is 190 Å². The van der Waals surface area contributed by atoms with E-state index in [0.717, 1.165) is 6.42 Å². The lowest BCUT2D eigenvalue weighted by Crippen LogP contribution is -2.62. The molecule has 2 heterocycles. The Morgan fingerprint density at radius 3 is 1.29 bits per heavy atom. The molecule has 3 heteroatoms. The predicted octanol–water partition coefficient (Wildman–Crippen LogP) is 18.3. The number of nitrogens with zero attached hydrogens (tertiary/aromatic N) is 2. The third-order valence-corrected chi connectivity index (χ3v) is 21.1. The maximum absolute atomic E-state index is 2.78. The van der Waals surface area contributed by atoms with Gasteiger partial charge in [0.1, 0.15) is 0 Å². The Bertz CT molecular complexity index is 3710. The highest BCUT2D eigenvalue weighted by molar-refractivity contribution is 7.00. The first-order chi connectivity index (χ1) is 35.8. The molecule has 0 atom stereocenters. The molecule has 0 bridgehead atoms. The Hall–Kier alpha value is -5.80. The molecule has 0 N–H and O–H groups in total. The molecule has 0 saturated carbocycles. The Balaban J connectivity index is 1.20. The summed E-state index contributed by atoms with van der Waals surface area (Å²) in [4.78, 5) is 5.56. The summed E-state index contributed by atoms with van der Waals surface area (Å²) < 4.78 is 0. The predicted molar refractivity (Wildman–Crippen MR) is 333 cm³/mol. The van der Waals surface area contributed by atoms with Crippen molar-refractivity contribution in [3.63, 3.8) is 0 Å². The molecule has 0 amide bonds. The molecule has 2 nitrogen and oxygen atoms in total.